The Morgan fingerprint density at radius 1 is 1.00 bits per heavy atom. The summed E-state index contributed by atoms with van der Waals surface area (Å²) < 4.78 is 0. The average molecular weight is 290 g/mol. The first-order chi connectivity index (χ1) is 10.6. The molecule has 0 aliphatic carbocycles. The molecular formula is C18H14N2O2. The van der Waals surface area contributed by atoms with Crippen LogP contribution in [0.4, 0.5) is 0 Å². The molecule has 0 amide bonds. The summed E-state index contributed by atoms with van der Waals surface area (Å²) in [5, 5.41) is 9.08. The van der Waals surface area contributed by atoms with Gasteiger partial charge in [-0.15, -0.1) is 0 Å². The van der Waals surface area contributed by atoms with Gasteiger partial charge in [-0.2, -0.15) is 0 Å². The van der Waals surface area contributed by atoms with E-state index in [4.69, 9.17) is 5.11 Å². The van der Waals surface area contributed by atoms with E-state index in [0.717, 1.165) is 11.1 Å². The maximum atomic E-state index is 11.1. The lowest BCUT2D eigenvalue weighted by atomic mass is 10.1. The number of aryl methyl sites for hydroxylation is 1. The van der Waals surface area contributed by atoms with Crippen LogP contribution in [-0.2, 0) is 0 Å². The van der Waals surface area contributed by atoms with Crippen LogP contribution in [-0.4, -0.2) is 21.0 Å². The molecule has 1 aromatic heterocycles. The summed E-state index contributed by atoms with van der Waals surface area (Å²) in [7, 11) is 0. The molecule has 0 bridgehead atoms. The van der Waals surface area contributed by atoms with Gasteiger partial charge in [0, 0.05) is 17.3 Å². The highest BCUT2D eigenvalue weighted by Gasteiger charge is 2.07. The Balaban J connectivity index is 2.02. The van der Waals surface area contributed by atoms with Crippen molar-refractivity contribution < 1.29 is 9.90 Å². The van der Waals surface area contributed by atoms with Gasteiger partial charge in [0.15, 0.2) is 5.82 Å². The first-order valence-electron chi connectivity index (χ1n) is 6.87. The molecule has 0 unspecified atom stereocenters. The highest BCUT2D eigenvalue weighted by atomic mass is 16.4. The van der Waals surface area contributed by atoms with E-state index in [2.05, 4.69) is 9.97 Å². The number of aromatic carboxylic acids is 1. The molecule has 0 aliphatic heterocycles. The van der Waals surface area contributed by atoms with Crippen LogP contribution in [0, 0.1) is 6.92 Å². The minimum atomic E-state index is -0.949. The van der Waals surface area contributed by atoms with Crippen LogP contribution in [0.5, 0.6) is 0 Å². The predicted octanol–water partition coefficient (Wildman–Crippen LogP) is 3.82. The summed E-state index contributed by atoms with van der Waals surface area (Å²) in [6.07, 6.45) is 1.69. The summed E-state index contributed by atoms with van der Waals surface area (Å²) in [5.74, 6) is -0.326. The standard InChI is InChI=1S/C18H14N2O2/c1-12-5-7-13(8-6-12)17-19-10-9-16(20-17)14-3-2-4-15(11-14)18(21)22/h2-11H,1H3,(H,21,22). The maximum Gasteiger partial charge on any atom is 0.335 e. The van der Waals surface area contributed by atoms with E-state index in [1.54, 1.807) is 30.5 Å². The Kier molecular flexibility index (Phi) is 3.66. The molecule has 0 radical (unpaired) electrons. The number of carboxylic acids is 1. The van der Waals surface area contributed by atoms with Gasteiger partial charge in [-0.1, -0.05) is 42.0 Å². The second kappa shape index (κ2) is 5.77. The van der Waals surface area contributed by atoms with E-state index in [1.165, 1.54) is 5.56 Å². The van der Waals surface area contributed by atoms with Gasteiger partial charge < -0.3 is 5.11 Å². The van der Waals surface area contributed by atoms with E-state index < -0.39 is 5.97 Å². The molecule has 108 valence electrons. The monoisotopic (exact) mass is 290 g/mol. The summed E-state index contributed by atoms with van der Waals surface area (Å²) in [6.45, 7) is 2.03. The molecule has 3 aromatic rings. The average Bonchev–Trinajstić information content (AvgIpc) is 2.56. The smallest absolute Gasteiger partial charge is 0.335 e. The molecule has 4 heteroatoms. The first-order valence-corrected chi connectivity index (χ1v) is 6.87. The second-order valence-corrected chi connectivity index (χ2v) is 5.02. The fourth-order valence-corrected chi connectivity index (χ4v) is 2.17. The zero-order chi connectivity index (χ0) is 15.5. The molecule has 0 atom stereocenters. The molecular weight excluding hydrogens is 276 g/mol. The lowest BCUT2D eigenvalue weighted by Gasteiger charge is -2.05. The van der Waals surface area contributed by atoms with E-state index in [-0.39, 0.29) is 5.56 Å². The van der Waals surface area contributed by atoms with Crippen LogP contribution >= 0.6 is 0 Å². The van der Waals surface area contributed by atoms with Crippen LogP contribution in [0.1, 0.15) is 15.9 Å². The largest absolute Gasteiger partial charge is 0.478 e. The number of hydrogen-bond donors (Lipinski definition) is 1. The molecule has 0 saturated carbocycles. The Labute approximate surface area is 128 Å². The highest BCUT2D eigenvalue weighted by Crippen LogP contribution is 2.22. The Morgan fingerprint density at radius 2 is 1.77 bits per heavy atom. The van der Waals surface area contributed by atoms with Crippen molar-refractivity contribution in [1.29, 1.82) is 0 Å². The van der Waals surface area contributed by atoms with E-state index >= 15 is 0 Å². The molecule has 2 aromatic carbocycles. The number of aromatic nitrogens is 2. The summed E-state index contributed by atoms with van der Waals surface area (Å²) in [4.78, 5) is 19.9. The topological polar surface area (TPSA) is 63.1 Å². The maximum absolute atomic E-state index is 11.1. The first kappa shape index (κ1) is 13.9. The van der Waals surface area contributed by atoms with Crippen LogP contribution in [0.3, 0.4) is 0 Å². The fraction of sp³-hybridized carbons (Fsp3) is 0.0556. The normalized spacial score (nSPS) is 10.4. The molecule has 4 nitrogen and oxygen atoms in total. The van der Waals surface area contributed by atoms with Crippen molar-refractivity contribution >= 4 is 5.97 Å². The van der Waals surface area contributed by atoms with Gasteiger partial charge >= 0.3 is 5.97 Å². The number of carbonyl (C=O) groups is 1. The zero-order valence-electron chi connectivity index (χ0n) is 12.0. The van der Waals surface area contributed by atoms with Crippen molar-refractivity contribution in [3.05, 3.63) is 71.9 Å². The molecule has 0 spiro atoms. The van der Waals surface area contributed by atoms with Crippen molar-refractivity contribution in [1.82, 2.24) is 9.97 Å². The number of nitrogens with zero attached hydrogens (tertiary/aromatic N) is 2. The number of carboxylic acid groups (broad SMARTS) is 1. The van der Waals surface area contributed by atoms with Crippen LogP contribution in [0.25, 0.3) is 22.6 Å². The van der Waals surface area contributed by atoms with Crippen molar-refractivity contribution in [2.45, 2.75) is 6.92 Å². The van der Waals surface area contributed by atoms with Gasteiger partial charge in [-0.25, -0.2) is 14.8 Å². The lowest BCUT2D eigenvalue weighted by molar-refractivity contribution is 0.0697. The van der Waals surface area contributed by atoms with Gasteiger partial charge in [0.05, 0.1) is 11.3 Å². The summed E-state index contributed by atoms with van der Waals surface area (Å²) in [5.41, 5.74) is 3.81. The second-order valence-electron chi connectivity index (χ2n) is 5.02. The van der Waals surface area contributed by atoms with Crippen molar-refractivity contribution in [3.63, 3.8) is 0 Å². The van der Waals surface area contributed by atoms with Gasteiger partial charge in [0.2, 0.25) is 0 Å². The third-order valence-electron chi connectivity index (χ3n) is 3.37. The number of rotatable bonds is 3. The van der Waals surface area contributed by atoms with Crippen LogP contribution < -0.4 is 0 Å². The van der Waals surface area contributed by atoms with Gasteiger partial charge in [0.1, 0.15) is 0 Å². The lowest BCUT2D eigenvalue weighted by Crippen LogP contribution is -1.97. The fourth-order valence-electron chi connectivity index (χ4n) is 2.17. The van der Waals surface area contributed by atoms with Crippen LogP contribution in [0.2, 0.25) is 0 Å². The predicted molar refractivity (Wildman–Crippen MR) is 84.6 cm³/mol. The van der Waals surface area contributed by atoms with Gasteiger partial charge in [-0.3, -0.25) is 0 Å². The zero-order valence-corrected chi connectivity index (χ0v) is 12.0. The molecule has 22 heavy (non-hydrogen) atoms. The van der Waals surface area contributed by atoms with E-state index in [0.29, 0.717) is 11.5 Å². The molecule has 0 fully saturated rings. The Hall–Kier alpha value is -3.01. The van der Waals surface area contributed by atoms with Crippen molar-refractivity contribution in [2.24, 2.45) is 0 Å². The molecule has 3 rings (SSSR count). The van der Waals surface area contributed by atoms with E-state index in [1.807, 2.05) is 37.3 Å². The quantitative estimate of drug-likeness (QED) is 0.796. The number of benzene rings is 2. The third-order valence-corrected chi connectivity index (χ3v) is 3.37. The van der Waals surface area contributed by atoms with Crippen molar-refractivity contribution in [3.8, 4) is 22.6 Å². The Bertz CT molecular complexity index is 827. The van der Waals surface area contributed by atoms with Crippen molar-refractivity contribution in [2.75, 3.05) is 0 Å². The van der Waals surface area contributed by atoms with Crippen LogP contribution in [0.15, 0.2) is 60.8 Å². The summed E-state index contributed by atoms with van der Waals surface area (Å²) in [6, 6.07) is 16.5. The molecule has 0 aliphatic rings. The molecule has 1 N–H and O–H groups in total. The molecule has 0 saturated heterocycles. The Morgan fingerprint density at radius 3 is 2.50 bits per heavy atom. The van der Waals surface area contributed by atoms with Gasteiger partial charge in [0.25, 0.3) is 0 Å². The minimum absolute atomic E-state index is 0.244. The third kappa shape index (κ3) is 2.86. The SMILES string of the molecule is Cc1ccc(-c2nccc(-c3cccc(C(=O)O)c3)n2)cc1. The van der Waals surface area contributed by atoms with E-state index in [9.17, 15) is 4.79 Å². The number of hydrogen-bond acceptors (Lipinski definition) is 3. The highest BCUT2D eigenvalue weighted by molar-refractivity contribution is 5.89. The van der Waals surface area contributed by atoms with Gasteiger partial charge in [-0.05, 0) is 25.1 Å². The minimum Gasteiger partial charge on any atom is -0.478 e. The molecule has 1 heterocycles. The summed E-state index contributed by atoms with van der Waals surface area (Å²) >= 11 is 0.